The van der Waals surface area contributed by atoms with Crippen molar-refractivity contribution >= 4 is 23.6 Å². The van der Waals surface area contributed by atoms with E-state index >= 15 is 0 Å². The molecule has 0 spiro atoms. The summed E-state index contributed by atoms with van der Waals surface area (Å²) in [5.74, 6) is 0.306. The third kappa shape index (κ3) is 4.88. The largest absolute Gasteiger partial charge is 0.472 e. The van der Waals surface area contributed by atoms with Crippen molar-refractivity contribution in [3.63, 3.8) is 0 Å². The quantitative estimate of drug-likeness (QED) is 0.616. The van der Waals surface area contributed by atoms with E-state index in [1.54, 1.807) is 30.5 Å². The molecule has 3 aromatic rings. The molecule has 4 rings (SSSR count). The number of hydrogen-bond donors (Lipinski definition) is 1. The topological polar surface area (TPSA) is 81.3 Å². The molecule has 0 saturated carbocycles. The van der Waals surface area contributed by atoms with Crippen molar-refractivity contribution in [2.24, 2.45) is 5.73 Å². The van der Waals surface area contributed by atoms with Gasteiger partial charge < -0.3 is 15.4 Å². The molecule has 0 aliphatic carbocycles. The molecule has 2 N–H and O–H groups in total. The summed E-state index contributed by atoms with van der Waals surface area (Å²) in [7, 11) is 0. The fourth-order valence-electron chi connectivity index (χ4n) is 3.18. The maximum absolute atomic E-state index is 13.5. The van der Waals surface area contributed by atoms with Crippen LogP contribution < -0.4 is 15.4 Å². The molecule has 2 aromatic carbocycles. The third-order valence-electron chi connectivity index (χ3n) is 4.73. The van der Waals surface area contributed by atoms with E-state index in [9.17, 15) is 9.18 Å². The van der Waals surface area contributed by atoms with E-state index in [0.717, 1.165) is 41.3 Å². The van der Waals surface area contributed by atoms with Crippen LogP contribution in [0.1, 0.15) is 28.8 Å². The molecule has 154 valence electrons. The molecule has 1 aliphatic heterocycles. The number of nitrogens with two attached hydrogens (primary N) is 1. The van der Waals surface area contributed by atoms with Gasteiger partial charge in [-0.05, 0) is 54.8 Å². The Morgan fingerprint density at radius 1 is 1.17 bits per heavy atom. The van der Waals surface area contributed by atoms with E-state index in [4.69, 9.17) is 10.5 Å². The molecule has 6 nitrogen and oxygen atoms in total. The maximum Gasteiger partial charge on any atom is 0.248 e. The Balaban J connectivity index is 1.58. The van der Waals surface area contributed by atoms with Crippen molar-refractivity contribution in [3.8, 4) is 5.88 Å². The second kappa shape index (κ2) is 9.13. The van der Waals surface area contributed by atoms with Gasteiger partial charge in [-0.1, -0.05) is 23.9 Å². The second-order valence-corrected chi connectivity index (χ2v) is 8.06. The van der Waals surface area contributed by atoms with Crippen LogP contribution in [0.5, 0.6) is 5.88 Å². The minimum absolute atomic E-state index is 0.197. The first-order chi connectivity index (χ1) is 14.6. The lowest BCUT2D eigenvalue weighted by atomic mass is 10.2. The summed E-state index contributed by atoms with van der Waals surface area (Å²) in [6, 6.07) is 13.3. The van der Waals surface area contributed by atoms with Gasteiger partial charge in [0.05, 0.1) is 11.1 Å². The fourth-order valence-corrected chi connectivity index (χ4v) is 4.01. The highest BCUT2D eigenvalue weighted by Crippen LogP contribution is 2.35. The molecule has 1 aliphatic rings. The third-order valence-corrected chi connectivity index (χ3v) is 5.74. The molecule has 1 amide bonds. The van der Waals surface area contributed by atoms with Crippen molar-refractivity contribution in [2.75, 3.05) is 18.0 Å². The number of hydrogen-bond acceptors (Lipinski definition) is 6. The summed E-state index contributed by atoms with van der Waals surface area (Å²) < 4.78 is 19.5. The van der Waals surface area contributed by atoms with Crippen LogP contribution in [0.2, 0.25) is 0 Å². The average Bonchev–Trinajstić information content (AvgIpc) is 3.28. The molecule has 1 saturated heterocycles. The Bertz CT molecular complexity index is 1040. The lowest BCUT2D eigenvalue weighted by Gasteiger charge is -2.17. The summed E-state index contributed by atoms with van der Waals surface area (Å²) in [5.41, 5.74) is 6.47. The zero-order valence-corrected chi connectivity index (χ0v) is 17.1. The van der Waals surface area contributed by atoms with Crippen LogP contribution in [-0.2, 0) is 6.61 Å². The average molecular weight is 425 g/mol. The second-order valence-electron chi connectivity index (χ2n) is 6.94. The number of aromatic nitrogens is 2. The lowest BCUT2D eigenvalue weighted by molar-refractivity contribution is 0.1000. The predicted molar refractivity (Wildman–Crippen MR) is 113 cm³/mol. The van der Waals surface area contributed by atoms with Crippen molar-refractivity contribution in [3.05, 3.63) is 71.7 Å². The van der Waals surface area contributed by atoms with E-state index in [0.29, 0.717) is 17.4 Å². The first-order valence-electron chi connectivity index (χ1n) is 9.65. The SMILES string of the molecule is NC(=O)c1ccc(Sc2cnc(N3CCCC3)nc2OCc2cccc(F)c2)cc1. The van der Waals surface area contributed by atoms with Gasteiger partial charge in [0.2, 0.25) is 17.7 Å². The van der Waals surface area contributed by atoms with E-state index in [-0.39, 0.29) is 12.4 Å². The van der Waals surface area contributed by atoms with Gasteiger partial charge in [0.25, 0.3) is 0 Å². The highest BCUT2D eigenvalue weighted by atomic mass is 32.2. The normalized spacial score (nSPS) is 13.4. The molecule has 0 radical (unpaired) electrons. The van der Waals surface area contributed by atoms with Crippen LogP contribution in [0.4, 0.5) is 10.3 Å². The van der Waals surface area contributed by atoms with Gasteiger partial charge in [-0.2, -0.15) is 4.98 Å². The van der Waals surface area contributed by atoms with E-state index < -0.39 is 5.91 Å². The number of anilines is 1. The molecule has 0 bridgehead atoms. The molecular weight excluding hydrogens is 403 g/mol. The number of rotatable bonds is 7. The number of nitrogens with zero attached hydrogens (tertiary/aromatic N) is 3. The molecular formula is C22H21FN4O2S. The molecule has 1 fully saturated rings. The van der Waals surface area contributed by atoms with Gasteiger partial charge >= 0.3 is 0 Å². The Morgan fingerprint density at radius 3 is 2.63 bits per heavy atom. The van der Waals surface area contributed by atoms with E-state index in [1.807, 2.05) is 12.1 Å². The summed E-state index contributed by atoms with van der Waals surface area (Å²) in [6.07, 6.45) is 3.98. The minimum Gasteiger partial charge on any atom is -0.472 e. The Hall–Kier alpha value is -3.13. The van der Waals surface area contributed by atoms with Gasteiger partial charge in [-0.25, -0.2) is 9.37 Å². The smallest absolute Gasteiger partial charge is 0.248 e. The van der Waals surface area contributed by atoms with Gasteiger partial charge in [0.15, 0.2) is 0 Å². The first-order valence-corrected chi connectivity index (χ1v) is 10.5. The van der Waals surface area contributed by atoms with Crippen LogP contribution in [0.15, 0.2) is 64.5 Å². The fraction of sp³-hybridized carbons (Fsp3) is 0.227. The van der Waals surface area contributed by atoms with Crippen LogP contribution in [-0.4, -0.2) is 29.0 Å². The van der Waals surface area contributed by atoms with Crippen LogP contribution >= 0.6 is 11.8 Å². The standard InChI is InChI=1S/C22H21FN4O2S/c23-17-5-3-4-15(12-17)14-29-21-19(13-25-22(26-21)27-10-1-2-11-27)30-18-8-6-16(7-9-18)20(24)28/h3-9,12-13H,1-2,10-11,14H2,(H2,24,28). The zero-order chi connectivity index (χ0) is 20.9. The molecule has 2 heterocycles. The number of benzene rings is 2. The Kier molecular flexibility index (Phi) is 6.13. The van der Waals surface area contributed by atoms with Gasteiger partial charge in [0, 0.05) is 23.5 Å². The van der Waals surface area contributed by atoms with Crippen molar-refractivity contribution < 1.29 is 13.9 Å². The maximum atomic E-state index is 13.5. The highest BCUT2D eigenvalue weighted by Gasteiger charge is 2.18. The highest BCUT2D eigenvalue weighted by molar-refractivity contribution is 7.99. The van der Waals surface area contributed by atoms with E-state index in [1.165, 1.54) is 23.9 Å². The van der Waals surface area contributed by atoms with Gasteiger partial charge in [0.1, 0.15) is 12.4 Å². The number of halogens is 1. The summed E-state index contributed by atoms with van der Waals surface area (Å²) >= 11 is 1.43. The van der Waals surface area contributed by atoms with Crippen molar-refractivity contribution in [1.29, 1.82) is 0 Å². The van der Waals surface area contributed by atoms with Crippen LogP contribution in [0.3, 0.4) is 0 Å². The number of primary amides is 1. The number of carbonyl (C=O) groups excluding carboxylic acids is 1. The number of carbonyl (C=O) groups is 1. The molecule has 8 heteroatoms. The Labute approximate surface area is 178 Å². The molecule has 1 aromatic heterocycles. The minimum atomic E-state index is -0.469. The zero-order valence-electron chi connectivity index (χ0n) is 16.3. The molecule has 30 heavy (non-hydrogen) atoms. The number of amides is 1. The molecule has 0 unspecified atom stereocenters. The predicted octanol–water partition coefficient (Wildman–Crippen LogP) is 4.05. The lowest BCUT2D eigenvalue weighted by Crippen LogP contribution is -2.20. The monoisotopic (exact) mass is 424 g/mol. The number of ether oxygens (including phenoxy) is 1. The summed E-state index contributed by atoms with van der Waals surface area (Å²) in [4.78, 5) is 24.2. The summed E-state index contributed by atoms with van der Waals surface area (Å²) in [6.45, 7) is 2.04. The van der Waals surface area contributed by atoms with Crippen molar-refractivity contribution in [2.45, 2.75) is 29.2 Å². The van der Waals surface area contributed by atoms with E-state index in [2.05, 4.69) is 14.9 Å². The van der Waals surface area contributed by atoms with Crippen molar-refractivity contribution in [1.82, 2.24) is 9.97 Å². The van der Waals surface area contributed by atoms with Gasteiger partial charge in [-0.3, -0.25) is 4.79 Å². The molecule has 0 atom stereocenters. The Morgan fingerprint density at radius 2 is 1.93 bits per heavy atom. The van der Waals surface area contributed by atoms with Crippen LogP contribution in [0, 0.1) is 5.82 Å². The first kappa shape index (κ1) is 20.2. The van der Waals surface area contributed by atoms with Gasteiger partial charge in [-0.15, -0.1) is 0 Å². The van der Waals surface area contributed by atoms with Crippen LogP contribution in [0.25, 0.3) is 0 Å². The summed E-state index contributed by atoms with van der Waals surface area (Å²) in [5, 5.41) is 0.